The fourth-order valence-corrected chi connectivity index (χ4v) is 2.58. The Hall–Kier alpha value is -1.30. The van der Waals surface area contributed by atoms with Gasteiger partial charge in [0.15, 0.2) is 0 Å². The van der Waals surface area contributed by atoms with Gasteiger partial charge in [-0.15, -0.1) is 0 Å². The number of thiocarbonyl (C=S) groups is 1. The molecule has 1 rings (SSSR count). The second-order valence-corrected chi connectivity index (χ2v) is 5.57. The van der Waals surface area contributed by atoms with Gasteiger partial charge in [-0.1, -0.05) is 38.9 Å². The second kappa shape index (κ2) is 7.11. The van der Waals surface area contributed by atoms with Crippen molar-refractivity contribution in [2.24, 2.45) is 11.7 Å². The lowest BCUT2D eigenvalue weighted by Gasteiger charge is -2.25. The molecule has 0 saturated heterocycles. The van der Waals surface area contributed by atoms with Crippen LogP contribution in [0.25, 0.3) is 0 Å². The van der Waals surface area contributed by atoms with E-state index in [9.17, 15) is 13.2 Å². The molecule has 118 valence electrons. The summed E-state index contributed by atoms with van der Waals surface area (Å²) in [7, 11) is 0. The monoisotopic (exact) mass is 318 g/mol. The largest absolute Gasteiger partial charge is 0.416 e. The summed E-state index contributed by atoms with van der Waals surface area (Å²) in [5.41, 5.74) is 5.61. The molecule has 1 aromatic carbocycles. The zero-order valence-corrected chi connectivity index (χ0v) is 13.2. The van der Waals surface area contributed by atoms with Crippen LogP contribution >= 0.6 is 12.2 Å². The number of halogens is 3. The van der Waals surface area contributed by atoms with Gasteiger partial charge in [-0.25, -0.2) is 0 Å². The van der Waals surface area contributed by atoms with Gasteiger partial charge in [0.2, 0.25) is 0 Å². The Morgan fingerprint density at radius 3 is 2.29 bits per heavy atom. The molecule has 1 aromatic rings. The molecule has 1 atom stereocenters. The van der Waals surface area contributed by atoms with Crippen molar-refractivity contribution in [3.8, 4) is 0 Å². The maximum absolute atomic E-state index is 12.8. The van der Waals surface area contributed by atoms with Crippen molar-refractivity contribution >= 4 is 22.9 Å². The summed E-state index contributed by atoms with van der Waals surface area (Å²) in [6.45, 7) is 6.19. The molecular weight excluding hydrogens is 297 g/mol. The first-order chi connectivity index (χ1) is 9.70. The molecule has 0 amide bonds. The van der Waals surface area contributed by atoms with Crippen LogP contribution in [0.2, 0.25) is 0 Å². The van der Waals surface area contributed by atoms with Crippen LogP contribution in [-0.4, -0.2) is 11.0 Å². The Bertz CT molecular complexity index is 496. The summed E-state index contributed by atoms with van der Waals surface area (Å²) in [5.74, 6) is 0.437. The molecule has 3 N–H and O–H groups in total. The third-order valence-corrected chi connectivity index (χ3v) is 3.97. The smallest absolute Gasteiger partial charge is 0.389 e. The molecule has 2 nitrogen and oxygen atoms in total. The minimum atomic E-state index is -4.40. The summed E-state index contributed by atoms with van der Waals surface area (Å²) in [5, 5.41) is 3.24. The summed E-state index contributed by atoms with van der Waals surface area (Å²) < 4.78 is 38.3. The normalized spacial score (nSPS) is 13.3. The Labute approximate surface area is 128 Å². The molecule has 0 aliphatic carbocycles. The Balaban J connectivity index is 3.10. The predicted octanol–water partition coefficient (Wildman–Crippen LogP) is 4.58. The Morgan fingerprint density at radius 2 is 1.86 bits per heavy atom. The van der Waals surface area contributed by atoms with Gasteiger partial charge >= 0.3 is 6.18 Å². The average Bonchev–Trinajstić information content (AvgIpc) is 2.38. The van der Waals surface area contributed by atoms with E-state index in [1.54, 1.807) is 0 Å². The maximum atomic E-state index is 12.8. The topological polar surface area (TPSA) is 38.0 Å². The van der Waals surface area contributed by atoms with Crippen LogP contribution in [0, 0.1) is 5.92 Å². The van der Waals surface area contributed by atoms with E-state index in [1.165, 1.54) is 6.07 Å². The number of alkyl halides is 3. The molecule has 0 spiro atoms. The molecule has 6 heteroatoms. The van der Waals surface area contributed by atoms with Crippen LogP contribution in [-0.2, 0) is 6.18 Å². The summed E-state index contributed by atoms with van der Waals surface area (Å²) in [6.07, 6.45) is -2.42. The zero-order valence-electron chi connectivity index (χ0n) is 12.4. The first kappa shape index (κ1) is 17.8. The SMILES string of the molecule is CCC(CC)C(C)Nc1ccc(C(F)(F)F)cc1C(N)=S. The van der Waals surface area contributed by atoms with Gasteiger partial charge in [0.1, 0.15) is 4.99 Å². The number of benzene rings is 1. The van der Waals surface area contributed by atoms with E-state index in [4.69, 9.17) is 18.0 Å². The molecule has 0 saturated carbocycles. The summed E-state index contributed by atoms with van der Waals surface area (Å²) >= 11 is 4.88. The van der Waals surface area contributed by atoms with Crippen LogP contribution in [0.5, 0.6) is 0 Å². The first-order valence-corrected chi connectivity index (χ1v) is 7.39. The molecular formula is C15H21F3N2S. The van der Waals surface area contributed by atoms with Crippen molar-refractivity contribution in [3.63, 3.8) is 0 Å². The molecule has 0 fully saturated rings. The van der Waals surface area contributed by atoms with Crippen molar-refractivity contribution in [2.45, 2.75) is 45.8 Å². The number of anilines is 1. The van der Waals surface area contributed by atoms with Gasteiger partial charge in [0.05, 0.1) is 5.56 Å². The highest BCUT2D eigenvalue weighted by atomic mass is 32.1. The lowest BCUT2D eigenvalue weighted by atomic mass is 9.95. The zero-order chi connectivity index (χ0) is 16.2. The number of nitrogens with two attached hydrogens (primary N) is 1. The predicted molar refractivity (Wildman–Crippen MR) is 84.5 cm³/mol. The van der Waals surface area contributed by atoms with E-state index in [0.29, 0.717) is 11.6 Å². The fraction of sp³-hybridized carbons (Fsp3) is 0.533. The summed E-state index contributed by atoms with van der Waals surface area (Å²) in [6, 6.07) is 3.58. The maximum Gasteiger partial charge on any atom is 0.416 e. The average molecular weight is 318 g/mol. The molecule has 1 unspecified atom stereocenters. The van der Waals surface area contributed by atoms with Crippen molar-refractivity contribution < 1.29 is 13.2 Å². The van der Waals surface area contributed by atoms with Crippen LogP contribution in [0.1, 0.15) is 44.7 Å². The van der Waals surface area contributed by atoms with Crippen molar-refractivity contribution in [1.29, 1.82) is 0 Å². The molecule has 0 aliphatic rings. The van der Waals surface area contributed by atoms with E-state index >= 15 is 0 Å². The molecule has 0 aliphatic heterocycles. The van der Waals surface area contributed by atoms with Gasteiger partial charge in [-0.05, 0) is 31.0 Å². The van der Waals surface area contributed by atoms with Crippen LogP contribution < -0.4 is 11.1 Å². The molecule has 0 aromatic heterocycles. The molecule has 0 radical (unpaired) electrons. The highest BCUT2D eigenvalue weighted by Crippen LogP contribution is 2.32. The fourth-order valence-electron chi connectivity index (χ4n) is 2.41. The number of hydrogen-bond acceptors (Lipinski definition) is 2. The van der Waals surface area contributed by atoms with Gasteiger partial charge in [-0.2, -0.15) is 13.2 Å². The summed E-state index contributed by atoms with van der Waals surface area (Å²) in [4.78, 5) is -0.0413. The third-order valence-electron chi connectivity index (χ3n) is 3.75. The molecule has 0 heterocycles. The van der Waals surface area contributed by atoms with Crippen molar-refractivity contribution in [3.05, 3.63) is 29.3 Å². The third kappa shape index (κ3) is 4.59. The number of nitrogens with one attached hydrogen (secondary N) is 1. The van der Waals surface area contributed by atoms with E-state index in [2.05, 4.69) is 19.2 Å². The highest BCUT2D eigenvalue weighted by Gasteiger charge is 2.31. The van der Waals surface area contributed by atoms with Gasteiger partial charge in [0, 0.05) is 17.3 Å². The van der Waals surface area contributed by atoms with E-state index < -0.39 is 11.7 Å². The second-order valence-electron chi connectivity index (χ2n) is 5.13. The highest BCUT2D eigenvalue weighted by molar-refractivity contribution is 7.80. The Morgan fingerprint density at radius 1 is 1.29 bits per heavy atom. The van der Waals surface area contributed by atoms with Crippen LogP contribution in [0.15, 0.2) is 18.2 Å². The van der Waals surface area contributed by atoms with Crippen molar-refractivity contribution in [1.82, 2.24) is 0 Å². The number of hydrogen-bond donors (Lipinski definition) is 2. The standard InChI is InChI=1S/C15H21F3N2S/c1-4-10(5-2)9(3)20-13-7-6-11(15(16,17)18)8-12(13)14(19)21/h6-10,20H,4-5H2,1-3H3,(H2,19,21). The van der Waals surface area contributed by atoms with Crippen molar-refractivity contribution in [2.75, 3.05) is 5.32 Å². The first-order valence-electron chi connectivity index (χ1n) is 6.98. The minimum Gasteiger partial charge on any atom is -0.389 e. The van der Waals surface area contributed by atoms with E-state index in [0.717, 1.165) is 25.0 Å². The van der Waals surface area contributed by atoms with Crippen LogP contribution in [0.3, 0.4) is 0 Å². The Kier molecular flexibility index (Phi) is 6.01. The lowest BCUT2D eigenvalue weighted by molar-refractivity contribution is -0.137. The lowest BCUT2D eigenvalue weighted by Crippen LogP contribution is -2.27. The van der Waals surface area contributed by atoms with Gasteiger partial charge < -0.3 is 11.1 Å². The van der Waals surface area contributed by atoms with Gasteiger partial charge in [0.25, 0.3) is 0 Å². The molecule has 21 heavy (non-hydrogen) atoms. The number of rotatable bonds is 6. The minimum absolute atomic E-state index is 0.0413. The van der Waals surface area contributed by atoms with Crippen LogP contribution in [0.4, 0.5) is 18.9 Å². The van der Waals surface area contributed by atoms with E-state index in [-0.39, 0.29) is 16.6 Å². The molecule has 0 bridgehead atoms. The quantitative estimate of drug-likeness (QED) is 0.754. The van der Waals surface area contributed by atoms with E-state index in [1.807, 2.05) is 6.92 Å². The van der Waals surface area contributed by atoms with Gasteiger partial charge in [-0.3, -0.25) is 0 Å².